The lowest BCUT2D eigenvalue weighted by Gasteiger charge is -2.36. The van der Waals surface area contributed by atoms with Crippen molar-refractivity contribution in [3.05, 3.63) is 82.6 Å². The maximum absolute atomic E-state index is 15.7. The Kier molecular flexibility index (Phi) is 21.1. The first kappa shape index (κ1) is 64.2. The summed E-state index contributed by atoms with van der Waals surface area (Å²) in [6.45, 7) is 12.2. The van der Waals surface area contributed by atoms with Gasteiger partial charge in [-0.3, -0.25) is 19.2 Å². The average molecular weight is 1120 g/mol. The van der Waals surface area contributed by atoms with E-state index in [9.17, 15) is 59.9 Å². The van der Waals surface area contributed by atoms with Crippen molar-refractivity contribution < 1.29 is 87.6 Å². The molecule has 15 nitrogen and oxygen atoms in total. The second-order valence-electron chi connectivity index (χ2n) is 21.9. The number of halogens is 8. The summed E-state index contributed by atoms with van der Waals surface area (Å²) in [5.74, 6) is -8.33. The van der Waals surface area contributed by atoms with Gasteiger partial charge in [0.2, 0.25) is 0 Å². The van der Waals surface area contributed by atoms with E-state index in [1.54, 1.807) is 26.8 Å². The number of esters is 3. The van der Waals surface area contributed by atoms with E-state index >= 15 is 8.78 Å². The van der Waals surface area contributed by atoms with Crippen LogP contribution in [-0.2, 0) is 77.7 Å². The van der Waals surface area contributed by atoms with E-state index in [4.69, 9.17) is 18.9 Å². The summed E-state index contributed by atoms with van der Waals surface area (Å²) < 4.78 is 136. The SMILES string of the molecule is CC(C)C[C@H]1C(=O)O[C@H](C)C(=O)N(C)[C@@H](CC(C)(C)F)C(=O)O[C@H](Cc2ccc(C(F)(F)F)cc2)C(=O)N(C)[C@H]2CC(C)C=C2O[C@H](C)C(=O)N(C)[C@@H](CCC(C)(C)F)C(=O)O[C@H](Cc2ccc(C(F)(F)F)cc2)C(=O)N1C. The van der Waals surface area contributed by atoms with Crippen molar-refractivity contribution >= 4 is 41.5 Å². The van der Waals surface area contributed by atoms with E-state index in [0.29, 0.717) is 0 Å². The van der Waals surface area contributed by atoms with Crippen LogP contribution in [0.25, 0.3) is 0 Å². The van der Waals surface area contributed by atoms with Gasteiger partial charge in [-0.1, -0.05) is 45.0 Å². The van der Waals surface area contributed by atoms with Gasteiger partial charge in [-0.25, -0.2) is 23.2 Å². The fraction of sp³-hybridized carbons (Fsp3) is 0.618. The molecule has 0 spiro atoms. The molecule has 0 N–H and O–H groups in total. The van der Waals surface area contributed by atoms with Gasteiger partial charge in [-0.05, 0) is 121 Å². The first-order valence-corrected chi connectivity index (χ1v) is 25.6. The topological polar surface area (TPSA) is 169 Å². The summed E-state index contributed by atoms with van der Waals surface area (Å²) in [5, 5.41) is 0. The van der Waals surface area contributed by atoms with E-state index < -0.39 is 144 Å². The van der Waals surface area contributed by atoms with E-state index in [1.165, 1.54) is 34.9 Å². The zero-order valence-corrected chi connectivity index (χ0v) is 46.2. The van der Waals surface area contributed by atoms with Crippen molar-refractivity contribution in [3.8, 4) is 0 Å². The lowest BCUT2D eigenvalue weighted by molar-refractivity contribution is -0.174. The second kappa shape index (κ2) is 25.7. The molecule has 1 aliphatic heterocycles. The Bertz CT molecular complexity index is 2490. The minimum atomic E-state index is -4.73. The monoisotopic (exact) mass is 1120 g/mol. The number of likely N-dealkylation sites (N-methyl/N-ethyl adjacent to an activating group) is 4. The summed E-state index contributed by atoms with van der Waals surface area (Å²) in [4.78, 5) is 105. The van der Waals surface area contributed by atoms with Gasteiger partial charge < -0.3 is 38.5 Å². The molecular formula is C55H72F8N4O11. The minimum Gasteiger partial charge on any atom is -0.483 e. The standard InChI is InChI=1S/C55H72F8N4O11/c1-30(2)24-40-50(73)76-33(5)46(69)67(13)41(29-53(8,9)57)51(74)78-43(27-34-14-18-36(19-15-34)54(58,59)60)47(70)65(11)39-25-31(3)26-42(39)75-32(4)45(68)64(10)38(22-23-52(6,7)56)49(72)77-44(48(71)66(40)12)28-35-16-20-37(21-17-35)55(61,62)63/h14-21,26,30-33,38-41,43-44H,22-25,27-29H2,1-13H3/t31?,32-,33-,38+,39+,40+,41+,43-,44-/m1/s1. The number of carbonyl (C=O) groups excluding carboxylic acids is 7. The van der Waals surface area contributed by atoms with E-state index in [-0.39, 0.29) is 54.4 Å². The smallest absolute Gasteiger partial charge is 0.416 e. The van der Waals surface area contributed by atoms with Crippen molar-refractivity contribution in [2.45, 2.75) is 180 Å². The van der Waals surface area contributed by atoms with Gasteiger partial charge in [0.05, 0.1) is 17.2 Å². The molecule has 4 rings (SSSR count). The molecule has 1 aliphatic carbocycles. The van der Waals surface area contributed by atoms with Gasteiger partial charge >= 0.3 is 30.3 Å². The Morgan fingerprint density at radius 3 is 1.35 bits per heavy atom. The predicted octanol–water partition coefficient (Wildman–Crippen LogP) is 8.63. The molecule has 78 heavy (non-hydrogen) atoms. The van der Waals surface area contributed by atoms with Crippen molar-refractivity contribution in [1.29, 1.82) is 0 Å². The fourth-order valence-electron chi connectivity index (χ4n) is 9.13. The zero-order chi connectivity index (χ0) is 59.2. The molecule has 1 unspecified atom stereocenters. The number of amides is 4. The number of carbonyl (C=O) groups is 7. The van der Waals surface area contributed by atoms with Crippen molar-refractivity contribution in [1.82, 2.24) is 19.6 Å². The second-order valence-corrected chi connectivity index (χ2v) is 21.9. The Hall–Kier alpha value is -6.29. The maximum Gasteiger partial charge on any atom is 0.416 e. The lowest BCUT2D eigenvalue weighted by atomic mass is 9.98. The van der Waals surface area contributed by atoms with Gasteiger partial charge in [0, 0.05) is 47.5 Å². The van der Waals surface area contributed by atoms with Gasteiger partial charge in [0.25, 0.3) is 23.6 Å². The molecule has 9 atom stereocenters. The number of nitrogens with zero attached hydrogens (tertiary/aromatic N) is 4. The number of rotatable bonds is 11. The zero-order valence-electron chi connectivity index (χ0n) is 46.2. The number of fused-ring (bicyclic) bond motifs is 1. The molecule has 23 heteroatoms. The number of ether oxygens (including phenoxy) is 4. The van der Waals surface area contributed by atoms with Gasteiger partial charge in [0.15, 0.2) is 24.4 Å². The first-order chi connectivity index (χ1) is 35.8. The summed E-state index contributed by atoms with van der Waals surface area (Å²) in [7, 11) is 4.77. The van der Waals surface area contributed by atoms with Crippen molar-refractivity contribution in [2.24, 2.45) is 11.8 Å². The van der Waals surface area contributed by atoms with Crippen molar-refractivity contribution in [2.75, 3.05) is 28.2 Å². The fourth-order valence-corrected chi connectivity index (χ4v) is 9.13. The molecule has 0 radical (unpaired) electrons. The van der Waals surface area contributed by atoms with Crippen LogP contribution < -0.4 is 0 Å². The molecule has 0 bridgehead atoms. The molecule has 2 aromatic rings. The maximum atomic E-state index is 15.7. The van der Waals surface area contributed by atoms with Crippen LogP contribution in [0.4, 0.5) is 35.1 Å². The number of hydrogen-bond acceptors (Lipinski definition) is 11. The van der Waals surface area contributed by atoms with Crippen LogP contribution in [-0.4, -0.2) is 149 Å². The summed E-state index contributed by atoms with van der Waals surface area (Å²) >= 11 is 0. The third kappa shape index (κ3) is 17.6. The first-order valence-electron chi connectivity index (χ1n) is 25.6. The molecule has 2 aromatic carbocycles. The average Bonchev–Trinajstić information content (AvgIpc) is 3.70. The highest BCUT2D eigenvalue weighted by molar-refractivity contribution is 5.93. The number of benzene rings is 2. The Balaban J connectivity index is 1.91. The number of hydrogen-bond donors (Lipinski definition) is 0. The van der Waals surface area contributed by atoms with Crippen LogP contribution in [0.2, 0.25) is 0 Å². The molecule has 1 fully saturated rings. The van der Waals surface area contributed by atoms with E-state index in [1.807, 2.05) is 0 Å². The Labute approximate surface area is 449 Å². The number of alkyl halides is 8. The Morgan fingerprint density at radius 2 is 0.923 bits per heavy atom. The summed E-state index contributed by atoms with van der Waals surface area (Å²) in [6, 6.07) is 1.28. The molecule has 1 saturated heterocycles. The molecule has 4 amide bonds. The molecule has 434 valence electrons. The lowest BCUT2D eigenvalue weighted by Crippen LogP contribution is -2.54. The van der Waals surface area contributed by atoms with E-state index in [2.05, 4.69) is 0 Å². The van der Waals surface area contributed by atoms with Crippen LogP contribution in [0.3, 0.4) is 0 Å². The van der Waals surface area contributed by atoms with Crippen LogP contribution in [0.15, 0.2) is 60.4 Å². The van der Waals surface area contributed by atoms with Crippen LogP contribution in [0.5, 0.6) is 0 Å². The van der Waals surface area contributed by atoms with Gasteiger partial charge in [-0.2, -0.15) is 26.3 Å². The third-order valence-electron chi connectivity index (χ3n) is 13.6. The highest BCUT2D eigenvalue weighted by atomic mass is 19.4. The molecule has 1 heterocycles. The third-order valence-corrected chi connectivity index (χ3v) is 13.6. The molecule has 0 aromatic heterocycles. The molecule has 0 saturated carbocycles. The number of allylic oxidation sites excluding steroid dienone is 1. The quantitative estimate of drug-likeness (QED) is 0.120. The molecule has 2 aliphatic rings. The Morgan fingerprint density at radius 1 is 0.526 bits per heavy atom. The summed E-state index contributed by atoms with van der Waals surface area (Å²) in [6.07, 6.45) is -17.4. The highest BCUT2D eigenvalue weighted by Gasteiger charge is 2.44. The van der Waals surface area contributed by atoms with Crippen molar-refractivity contribution in [3.63, 3.8) is 0 Å². The largest absolute Gasteiger partial charge is 0.483 e. The van der Waals surface area contributed by atoms with Gasteiger partial charge in [0.1, 0.15) is 35.2 Å². The van der Waals surface area contributed by atoms with E-state index in [0.717, 1.165) is 103 Å². The number of cyclic esters (lactones) is 3. The minimum absolute atomic E-state index is 0.0674. The molecular weight excluding hydrogens is 1040 g/mol. The summed E-state index contributed by atoms with van der Waals surface area (Å²) in [5.41, 5.74) is -5.99. The van der Waals surface area contributed by atoms with Crippen LogP contribution >= 0.6 is 0 Å². The normalized spacial score (nSPS) is 25.8. The van der Waals surface area contributed by atoms with Crippen LogP contribution in [0, 0.1) is 11.8 Å². The van der Waals surface area contributed by atoms with Gasteiger partial charge in [-0.15, -0.1) is 0 Å². The van der Waals surface area contributed by atoms with Crippen LogP contribution in [0.1, 0.15) is 117 Å². The highest BCUT2D eigenvalue weighted by Crippen LogP contribution is 2.34. The predicted molar refractivity (Wildman–Crippen MR) is 268 cm³/mol.